The molecule has 0 bridgehead atoms. The van der Waals surface area contributed by atoms with Gasteiger partial charge < -0.3 is 15.1 Å². The molecule has 3 amide bonds. The van der Waals surface area contributed by atoms with E-state index < -0.39 is 30.0 Å². The molecule has 0 saturated carbocycles. The van der Waals surface area contributed by atoms with Crippen molar-refractivity contribution in [2.75, 3.05) is 33.2 Å². The Morgan fingerprint density at radius 3 is 2.25 bits per heavy atom. The van der Waals surface area contributed by atoms with Crippen LogP contribution in [-0.2, 0) is 9.59 Å². The first-order chi connectivity index (χ1) is 11.3. The second-order valence-corrected chi connectivity index (χ2v) is 5.12. The second kappa shape index (κ2) is 8.95. The van der Waals surface area contributed by atoms with E-state index in [1.54, 1.807) is 4.90 Å². The normalized spacial score (nSPS) is 10.2. The van der Waals surface area contributed by atoms with Gasteiger partial charge in [0.15, 0.2) is 0 Å². The Labute approximate surface area is 139 Å². The van der Waals surface area contributed by atoms with Gasteiger partial charge in [-0.1, -0.05) is 0 Å². The molecule has 0 atom stereocenters. The maximum atomic E-state index is 13.5. The van der Waals surface area contributed by atoms with E-state index in [1.165, 1.54) is 11.9 Å². The molecule has 1 aromatic carbocycles. The monoisotopic (exact) mass is 341 g/mol. The number of likely N-dealkylation sites (N-methyl/N-ethyl adjacent to an activating group) is 2. The van der Waals surface area contributed by atoms with Crippen molar-refractivity contribution in [3.8, 4) is 0 Å². The first-order valence-electron chi connectivity index (χ1n) is 7.55. The fraction of sp³-hybridized carbons (Fsp3) is 0.438. The number of nitrogens with one attached hydrogen (secondary N) is 1. The molecule has 1 aromatic rings. The first kappa shape index (κ1) is 19.5. The van der Waals surface area contributed by atoms with Crippen molar-refractivity contribution in [2.24, 2.45) is 0 Å². The van der Waals surface area contributed by atoms with Crippen LogP contribution in [-0.4, -0.2) is 60.7 Å². The van der Waals surface area contributed by atoms with Gasteiger partial charge in [0, 0.05) is 26.2 Å². The topological polar surface area (TPSA) is 69.7 Å². The SMILES string of the molecule is CCN(CC)C(=O)CN(C)C(=O)CNC(=O)c1ccc(F)cc1F. The summed E-state index contributed by atoms with van der Waals surface area (Å²) in [6.07, 6.45) is 0. The van der Waals surface area contributed by atoms with Crippen molar-refractivity contribution in [2.45, 2.75) is 13.8 Å². The van der Waals surface area contributed by atoms with Crippen LogP contribution in [0.5, 0.6) is 0 Å². The molecule has 0 saturated heterocycles. The van der Waals surface area contributed by atoms with E-state index >= 15 is 0 Å². The molecule has 1 N–H and O–H groups in total. The van der Waals surface area contributed by atoms with Gasteiger partial charge in [-0.2, -0.15) is 0 Å². The molecule has 0 aliphatic heterocycles. The molecule has 0 aliphatic carbocycles. The molecule has 0 radical (unpaired) electrons. The van der Waals surface area contributed by atoms with E-state index in [2.05, 4.69) is 5.32 Å². The van der Waals surface area contributed by atoms with E-state index in [0.29, 0.717) is 19.2 Å². The fourth-order valence-corrected chi connectivity index (χ4v) is 2.03. The van der Waals surface area contributed by atoms with Crippen LogP contribution in [0.25, 0.3) is 0 Å². The van der Waals surface area contributed by atoms with Crippen LogP contribution in [0.2, 0.25) is 0 Å². The number of hydrogen-bond donors (Lipinski definition) is 1. The van der Waals surface area contributed by atoms with Crippen LogP contribution in [0.1, 0.15) is 24.2 Å². The van der Waals surface area contributed by atoms with Crippen molar-refractivity contribution >= 4 is 17.7 Å². The van der Waals surface area contributed by atoms with Crippen LogP contribution in [0.4, 0.5) is 8.78 Å². The zero-order valence-electron chi connectivity index (χ0n) is 13.9. The lowest BCUT2D eigenvalue weighted by molar-refractivity contribution is -0.138. The summed E-state index contributed by atoms with van der Waals surface area (Å²) in [7, 11) is 1.44. The molecule has 132 valence electrons. The summed E-state index contributed by atoms with van der Waals surface area (Å²) < 4.78 is 26.3. The standard InChI is InChI=1S/C16H21F2N3O3/c1-4-21(5-2)15(23)10-20(3)14(22)9-19-16(24)12-7-6-11(17)8-13(12)18/h6-8H,4-5,9-10H2,1-3H3,(H,19,24). The number of carbonyl (C=O) groups is 3. The summed E-state index contributed by atoms with van der Waals surface area (Å²) in [5.74, 6) is -3.33. The van der Waals surface area contributed by atoms with Crippen molar-refractivity contribution in [1.82, 2.24) is 15.1 Å². The van der Waals surface area contributed by atoms with E-state index in [1.807, 2.05) is 13.8 Å². The van der Waals surface area contributed by atoms with Gasteiger partial charge in [0.05, 0.1) is 18.7 Å². The minimum atomic E-state index is -1.01. The highest BCUT2D eigenvalue weighted by molar-refractivity contribution is 5.97. The van der Waals surface area contributed by atoms with Crippen molar-refractivity contribution in [3.05, 3.63) is 35.4 Å². The number of halogens is 2. The van der Waals surface area contributed by atoms with Crippen molar-refractivity contribution in [3.63, 3.8) is 0 Å². The van der Waals surface area contributed by atoms with Gasteiger partial charge in [-0.05, 0) is 26.0 Å². The number of carbonyl (C=O) groups excluding carboxylic acids is 3. The molecule has 0 aliphatic rings. The lowest BCUT2D eigenvalue weighted by atomic mass is 10.2. The summed E-state index contributed by atoms with van der Waals surface area (Å²) in [6, 6.07) is 2.54. The highest BCUT2D eigenvalue weighted by Crippen LogP contribution is 2.09. The Morgan fingerprint density at radius 2 is 1.71 bits per heavy atom. The lowest BCUT2D eigenvalue weighted by Gasteiger charge is -2.23. The maximum absolute atomic E-state index is 13.5. The van der Waals surface area contributed by atoms with Crippen LogP contribution in [0.3, 0.4) is 0 Å². The fourth-order valence-electron chi connectivity index (χ4n) is 2.03. The summed E-state index contributed by atoms with van der Waals surface area (Å²) >= 11 is 0. The maximum Gasteiger partial charge on any atom is 0.254 e. The van der Waals surface area contributed by atoms with Gasteiger partial charge >= 0.3 is 0 Å². The second-order valence-electron chi connectivity index (χ2n) is 5.12. The third-order valence-electron chi connectivity index (χ3n) is 3.49. The summed E-state index contributed by atoms with van der Waals surface area (Å²) in [5.41, 5.74) is -0.355. The molecule has 6 nitrogen and oxygen atoms in total. The Balaban J connectivity index is 2.55. The third kappa shape index (κ3) is 5.29. The average molecular weight is 341 g/mol. The van der Waals surface area contributed by atoms with Crippen LogP contribution in [0.15, 0.2) is 18.2 Å². The minimum Gasteiger partial charge on any atom is -0.343 e. The lowest BCUT2D eigenvalue weighted by Crippen LogP contribution is -2.44. The zero-order chi connectivity index (χ0) is 18.3. The van der Waals surface area contributed by atoms with Gasteiger partial charge in [-0.15, -0.1) is 0 Å². The summed E-state index contributed by atoms with van der Waals surface area (Å²) in [4.78, 5) is 38.4. The quantitative estimate of drug-likeness (QED) is 0.805. The van der Waals surface area contributed by atoms with Crippen molar-refractivity contribution < 1.29 is 23.2 Å². The Bertz CT molecular complexity index is 619. The number of rotatable bonds is 7. The van der Waals surface area contributed by atoms with Crippen LogP contribution >= 0.6 is 0 Å². The highest BCUT2D eigenvalue weighted by atomic mass is 19.1. The average Bonchev–Trinajstić information content (AvgIpc) is 2.53. The minimum absolute atomic E-state index is 0.110. The van der Waals surface area contributed by atoms with E-state index in [9.17, 15) is 23.2 Å². The molecule has 0 unspecified atom stereocenters. The van der Waals surface area contributed by atoms with Crippen LogP contribution < -0.4 is 5.32 Å². The Kier molecular flexibility index (Phi) is 7.29. The molecule has 0 fully saturated rings. The smallest absolute Gasteiger partial charge is 0.254 e. The highest BCUT2D eigenvalue weighted by Gasteiger charge is 2.18. The van der Waals surface area contributed by atoms with Gasteiger partial charge in [-0.25, -0.2) is 8.78 Å². The number of amides is 3. The molecular weight excluding hydrogens is 320 g/mol. The van der Waals surface area contributed by atoms with E-state index in [-0.39, 0.29) is 18.0 Å². The Hall–Kier alpha value is -2.51. The molecule has 0 heterocycles. The number of benzene rings is 1. The molecule has 1 rings (SSSR count). The van der Waals surface area contributed by atoms with Gasteiger partial charge in [0.1, 0.15) is 11.6 Å². The van der Waals surface area contributed by atoms with E-state index in [4.69, 9.17) is 0 Å². The summed E-state index contributed by atoms with van der Waals surface area (Å²) in [6.45, 7) is 4.25. The van der Waals surface area contributed by atoms with Gasteiger partial charge in [0.2, 0.25) is 11.8 Å². The molecule has 24 heavy (non-hydrogen) atoms. The first-order valence-corrected chi connectivity index (χ1v) is 7.55. The largest absolute Gasteiger partial charge is 0.343 e. The molecule has 8 heteroatoms. The summed E-state index contributed by atoms with van der Waals surface area (Å²) in [5, 5.41) is 2.25. The third-order valence-corrected chi connectivity index (χ3v) is 3.49. The molecule has 0 aromatic heterocycles. The number of hydrogen-bond acceptors (Lipinski definition) is 3. The van der Waals surface area contributed by atoms with Gasteiger partial charge in [-0.3, -0.25) is 14.4 Å². The predicted molar refractivity (Wildman–Crippen MR) is 84.3 cm³/mol. The number of nitrogens with zero attached hydrogens (tertiary/aromatic N) is 2. The molecular formula is C16H21F2N3O3. The van der Waals surface area contributed by atoms with Gasteiger partial charge in [0.25, 0.3) is 5.91 Å². The van der Waals surface area contributed by atoms with Crippen molar-refractivity contribution in [1.29, 1.82) is 0 Å². The van der Waals surface area contributed by atoms with Crippen LogP contribution in [0, 0.1) is 11.6 Å². The van der Waals surface area contributed by atoms with E-state index in [0.717, 1.165) is 12.1 Å². The predicted octanol–water partition coefficient (Wildman–Crippen LogP) is 1.02. The zero-order valence-corrected chi connectivity index (χ0v) is 13.9. The molecule has 0 spiro atoms. The Morgan fingerprint density at radius 1 is 1.08 bits per heavy atom.